The van der Waals surface area contributed by atoms with Crippen LogP contribution in [-0.2, 0) is 6.42 Å². The van der Waals surface area contributed by atoms with Gasteiger partial charge in [-0.25, -0.2) is 4.98 Å². The van der Waals surface area contributed by atoms with Crippen LogP contribution in [0.25, 0.3) is 10.2 Å². The summed E-state index contributed by atoms with van der Waals surface area (Å²) in [5, 5.41) is 1.00. The number of hydrogen-bond acceptors (Lipinski definition) is 4. The Balaban J connectivity index is 1.54. The lowest BCUT2D eigenvalue weighted by atomic mass is 9.89. The molecule has 138 valence electrons. The van der Waals surface area contributed by atoms with Gasteiger partial charge in [0.15, 0.2) is 10.9 Å². The second-order valence-corrected chi connectivity index (χ2v) is 8.12. The molecule has 28 heavy (non-hydrogen) atoms. The lowest BCUT2D eigenvalue weighted by Gasteiger charge is -2.37. The number of fused-ring (bicyclic) bond motifs is 2. The minimum absolute atomic E-state index is 0.0122. The molecule has 0 saturated carbocycles. The van der Waals surface area contributed by atoms with Gasteiger partial charge in [-0.3, -0.25) is 4.79 Å². The molecule has 1 aliphatic heterocycles. The molecule has 5 rings (SSSR count). The average Bonchev–Trinajstić information content (AvgIpc) is 3.18. The zero-order valence-electron chi connectivity index (χ0n) is 15.4. The van der Waals surface area contributed by atoms with Crippen LogP contribution in [0, 0.1) is 0 Å². The molecule has 3 aromatic carbocycles. The Morgan fingerprint density at radius 3 is 2.57 bits per heavy atom. The Hall–Kier alpha value is -2.98. The number of nitrogens with zero attached hydrogens (tertiary/aromatic N) is 2. The van der Waals surface area contributed by atoms with Crippen molar-refractivity contribution >= 4 is 32.5 Å². The van der Waals surface area contributed by atoms with E-state index < -0.39 is 0 Å². The summed E-state index contributed by atoms with van der Waals surface area (Å²) >= 11 is 1.71. The van der Waals surface area contributed by atoms with Crippen molar-refractivity contribution in [1.29, 1.82) is 0 Å². The molecule has 0 aliphatic carbocycles. The van der Waals surface area contributed by atoms with Gasteiger partial charge in [0.2, 0.25) is 0 Å². The predicted octanol–water partition coefficient (Wildman–Crippen LogP) is 5.67. The molecule has 1 atom stereocenters. The number of rotatable bonds is 4. The van der Waals surface area contributed by atoms with Gasteiger partial charge in [0.05, 0.1) is 16.3 Å². The maximum absolute atomic E-state index is 13.0. The molecule has 0 amide bonds. The number of hydrogen-bond donors (Lipinski definition) is 0. The number of anilines is 1. The molecule has 1 unspecified atom stereocenters. The average molecular weight is 385 g/mol. The van der Waals surface area contributed by atoms with Crippen molar-refractivity contribution in [2.24, 2.45) is 0 Å². The standard InChI is InChI=1S/C24H20N2OS/c27-22(18-9-2-1-3-10-18)16-21-19-11-5-4-8-17(19)14-15-26(21)24-25-20-12-6-7-13-23(20)28-24/h1-13,21H,14-16H2. The highest BCUT2D eigenvalue weighted by Gasteiger charge is 2.31. The van der Waals surface area contributed by atoms with Crippen molar-refractivity contribution in [2.75, 3.05) is 11.4 Å². The molecular weight excluding hydrogens is 364 g/mol. The van der Waals surface area contributed by atoms with Gasteiger partial charge >= 0.3 is 0 Å². The van der Waals surface area contributed by atoms with Gasteiger partial charge in [-0.2, -0.15) is 0 Å². The maximum atomic E-state index is 13.0. The van der Waals surface area contributed by atoms with Gasteiger partial charge in [0, 0.05) is 18.5 Å². The van der Waals surface area contributed by atoms with E-state index in [1.165, 1.54) is 15.8 Å². The SMILES string of the molecule is O=C(CC1c2ccccc2CCN1c1nc2ccccc2s1)c1ccccc1. The molecule has 2 heterocycles. The highest BCUT2D eigenvalue weighted by atomic mass is 32.1. The number of benzene rings is 3. The van der Waals surface area contributed by atoms with Crippen molar-refractivity contribution in [2.45, 2.75) is 18.9 Å². The first-order valence-corrected chi connectivity index (χ1v) is 10.4. The Labute approximate surface area is 168 Å². The van der Waals surface area contributed by atoms with Crippen LogP contribution in [-0.4, -0.2) is 17.3 Å². The predicted molar refractivity (Wildman–Crippen MR) is 115 cm³/mol. The van der Waals surface area contributed by atoms with Crippen LogP contribution in [0.1, 0.15) is 33.9 Å². The van der Waals surface area contributed by atoms with Crippen molar-refractivity contribution < 1.29 is 4.79 Å². The summed E-state index contributed by atoms with van der Waals surface area (Å²) < 4.78 is 1.18. The van der Waals surface area contributed by atoms with Crippen molar-refractivity contribution in [3.8, 4) is 0 Å². The Kier molecular flexibility index (Phi) is 4.41. The van der Waals surface area contributed by atoms with E-state index in [1.54, 1.807) is 11.3 Å². The van der Waals surface area contributed by atoms with Crippen LogP contribution in [0.3, 0.4) is 0 Å². The monoisotopic (exact) mass is 384 g/mol. The molecule has 1 aliphatic rings. The van der Waals surface area contributed by atoms with Crippen LogP contribution >= 0.6 is 11.3 Å². The minimum atomic E-state index is 0.0122. The number of Topliss-reactive ketones (excluding diaryl/α,β-unsaturated/α-hetero) is 1. The van der Waals surface area contributed by atoms with E-state index in [0.29, 0.717) is 6.42 Å². The molecule has 0 spiro atoms. The summed E-state index contributed by atoms with van der Waals surface area (Å²) in [5.74, 6) is 0.174. The number of carbonyl (C=O) groups excluding carboxylic acids is 1. The quantitative estimate of drug-likeness (QED) is 0.425. The topological polar surface area (TPSA) is 33.2 Å². The maximum Gasteiger partial charge on any atom is 0.186 e. The largest absolute Gasteiger partial charge is 0.340 e. The summed E-state index contributed by atoms with van der Waals surface area (Å²) in [6.07, 6.45) is 1.43. The highest BCUT2D eigenvalue weighted by Crippen LogP contribution is 2.39. The van der Waals surface area contributed by atoms with Gasteiger partial charge in [0.1, 0.15) is 0 Å². The molecule has 0 fully saturated rings. The van der Waals surface area contributed by atoms with Gasteiger partial charge in [-0.15, -0.1) is 0 Å². The molecule has 0 bridgehead atoms. The van der Waals surface area contributed by atoms with Crippen molar-refractivity contribution in [3.63, 3.8) is 0 Å². The molecular formula is C24H20N2OS. The van der Waals surface area contributed by atoms with Gasteiger partial charge < -0.3 is 4.90 Å². The molecule has 0 saturated heterocycles. The summed E-state index contributed by atoms with van der Waals surface area (Å²) in [5.41, 5.74) is 4.38. The molecule has 1 aromatic heterocycles. The van der Waals surface area contributed by atoms with E-state index in [9.17, 15) is 4.79 Å². The Morgan fingerprint density at radius 1 is 0.964 bits per heavy atom. The van der Waals surface area contributed by atoms with Crippen LogP contribution in [0.5, 0.6) is 0 Å². The normalized spacial score (nSPS) is 16.1. The molecule has 4 aromatic rings. The first kappa shape index (κ1) is 17.1. The summed E-state index contributed by atoms with van der Waals surface area (Å²) in [6.45, 7) is 0.879. The van der Waals surface area contributed by atoms with E-state index >= 15 is 0 Å². The Morgan fingerprint density at radius 2 is 1.71 bits per heavy atom. The minimum Gasteiger partial charge on any atom is -0.340 e. The third-order valence-electron chi connectivity index (χ3n) is 5.42. The second kappa shape index (κ2) is 7.21. The summed E-state index contributed by atoms with van der Waals surface area (Å²) in [7, 11) is 0. The fraction of sp³-hybridized carbons (Fsp3) is 0.167. The summed E-state index contributed by atoms with van der Waals surface area (Å²) in [6, 6.07) is 26.3. The van der Waals surface area contributed by atoms with E-state index in [1.807, 2.05) is 42.5 Å². The molecule has 0 radical (unpaired) electrons. The fourth-order valence-corrected chi connectivity index (χ4v) is 5.04. The van der Waals surface area contributed by atoms with Crippen molar-refractivity contribution in [1.82, 2.24) is 4.98 Å². The molecule has 3 nitrogen and oxygen atoms in total. The van der Waals surface area contributed by atoms with Gasteiger partial charge in [-0.05, 0) is 29.7 Å². The molecule has 4 heteroatoms. The van der Waals surface area contributed by atoms with Crippen molar-refractivity contribution in [3.05, 3.63) is 95.6 Å². The zero-order valence-corrected chi connectivity index (χ0v) is 16.2. The smallest absolute Gasteiger partial charge is 0.186 e. The van der Waals surface area contributed by atoms with E-state index in [-0.39, 0.29) is 11.8 Å². The van der Waals surface area contributed by atoms with Gasteiger partial charge in [0.25, 0.3) is 0 Å². The van der Waals surface area contributed by atoms with Crippen LogP contribution in [0.4, 0.5) is 5.13 Å². The van der Waals surface area contributed by atoms with E-state index in [2.05, 4.69) is 41.3 Å². The number of ketones is 1. The third-order valence-corrected chi connectivity index (χ3v) is 6.49. The van der Waals surface area contributed by atoms with Crippen LogP contribution in [0.2, 0.25) is 0 Å². The van der Waals surface area contributed by atoms with Crippen LogP contribution < -0.4 is 4.90 Å². The lowest BCUT2D eigenvalue weighted by molar-refractivity contribution is 0.0972. The Bertz CT molecular complexity index is 1100. The fourth-order valence-electron chi connectivity index (χ4n) is 4.00. The first-order valence-electron chi connectivity index (χ1n) is 9.58. The molecule has 0 N–H and O–H groups in total. The van der Waals surface area contributed by atoms with Crippen LogP contribution in [0.15, 0.2) is 78.9 Å². The lowest BCUT2D eigenvalue weighted by Crippen LogP contribution is -2.36. The second-order valence-electron chi connectivity index (χ2n) is 7.12. The third kappa shape index (κ3) is 3.10. The number of para-hydroxylation sites is 1. The van der Waals surface area contributed by atoms with Gasteiger partial charge in [-0.1, -0.05) is 78.1 Å². The number of thiazole rings is 1. The zero-order chi connectivity index (χ0) is 18.9. The first-order chi connectivity index (χ1) is 13.8. The summed E-state index contributed by atoms with van der Waals surface area (Å²) in [4.78, 5) is 20.2. The van der Waals surface area contributed by atoms with E-state index in [4.69, 9.17) is 4.98 Å². The van der Waals surface area contributed by atoms with E-state index in [0.717, 1.165) is 29.2 Å². The number of carbonyl (C=O) groups is 1. The highest BCUT2D eigenvalue weighted by molar-refractivity contribution is 7.22. The number of aromatic nitrogens is 1.